The number of carbonyl (C=O) groups excluding carboxylic acids is 1. The van der Waals surface area contributed by atoms with E-state index in [1.54, 1.807) is 0 Å². The second kappa shape index (κ2) is 5.47. The molecule has 0 unspecified atom stereocenters. The predicted molar refractivity (Wildman–Crippen MR) is 44.6 cm³/mol. The number of alkyl halides is 4. The van der Waals surface area contributed by atoms with Crippen LogP contribution in [0.15, 0.2) is 0 Å². The van der Waals surface area contributed by atoms with Crippen LogP contribution in [0.3, 0.4) is 0 Å². The molecule has 1 atom stereocenters. The topological polar surface area (TPSA) is 26.3 Å². The van der Waals surface area contributed by atoms with Crippen LogP contribution in [0.1, 0.15) is 19.8 Å². The molecule has 0 aromatic rings. The van der Waals surface area contributed by atoms with E-state index >= 15 is 0 Å². The zero-order valence-electron chi connectivity index (χ0n) is 7.03. The van der Waals surface area contributed by atoms with Gasteiger partial charge in [0.1, 0.15) is 0 Å². The summed E-state index contributed by atoms with van der Waals surface area (Å²) >= 11 is 3.12. The van der Waals surface area contributed by atoms with E-state index in [0.29, 0.717) is 18.2 Å². The van der Waals surface area contributed by atoms with E-state index in [9.17, 15) is 18.0 Å². The van der Waals surface area contributed by atoms with Crippen LogP contribution in [0.4, 0.5) is 13.2 Å². The van der Waals surface area contributed by atoms with Gasteiger partial charge in [0, 0.05) is 5.33 Å². The second-order valence-electron chi connectivity index (χ2n) is 2.54. The molecule has 0 aliphatic rings. The summed E-state index contributed by atoms with van der Waals surface area (Å²) in [6.07, 6.45) is -4.48. The summed E-state index contributed by atoms with van der Waals surface area (Å²) < 4.78 is 39.1. The van der Waals surface area contributed by atoms with Gasteiger partial charge in [-0.25, -0.2) is 4.79 Å². The molecule has 0 aromatic carbocycles. The lowest BCUT2D eigenvalue weighted by Gasteiger charge is -2.13. The molecule has 0 aromatic heterocycles. The molecule has 0 N–H and O–H groups in total. The van der Waals surface area contributed by atoms with Crippen molar-refractivity contribution in [2.45, 2.75) is 32.0 Å². The molecule has 0 rings (SSSR count). The van der Waals surface area contributed by atoms with Gasteiger partial charge in [-0.1, -0.05) is 15.9 Å². The number of carbonyl (C=O) groups is 1. The Hall–Kier alpha value is -0.260. The molecule has 78 valence electrons. The number of halogens is 4. The molecule has 0 saturated carbocycles. The Morgan fingerprint density at radius 2 is 2.08 bits per heavy atom. The maximum atomic E-state index is 11.6. The Balaban J connectivity index is 3.79. The van der Waals surface area contributed by atoms with Gasteiger partial charge in [0.2, 0.25) is 0 Å². The van der Waals surface area contributed by atoms with Crippen molar-refractivity contribution in [3.63, 3.8) is 0 Å². The summed E-state index contributed by atoms with van der Waals surface area (Å²) in [6.45, 7) is 1.44. The normalized spacial score (nSPS) is 13.9. The first-order valence-corrected chi connectivity index (χ1v) is 4.84. The van der Waals surface area contributed by atoms with E-state index in [4.69, 9.17) is 0 Å². The van der Waals surface area contributed by atoms with Gasteiger partial charge in [0.15, 0.2) is 0 Å². The first kappa shape index (κ1) is 12.7. The summed E-state index contributed by atoms with van der Waals surface area (Å²) in [5, 5.41) is 0.681. The minimum atomic E-state index is -4.89. The predicted octanol–water partition coefficient (Wildman–Crippen LogP) is 2.66. The average Bonchev–Trinajstić information content (AvgIpc) is 1.99. The third-order valence-electron chi connectivity index (χ3n) is 1.28. The zero-order chi connectivity index (χ0) is 10.5. The molecular formula is C7H10BrF3O2. The quantitative estimate of drug-likeness (QED) is 0.575. The number of ether oxygens (including phenoxy) is 1. The fraction of sp³-hybridized carbons (Fsp3) is 0.857. The largest absolute Gasteiger partial charge is 0.490 e. The van der Waals surface area contributed by atoms with Crippen LogP contribution < -0.4 is 0 Å². The maximum absolute atomic E-state index is 11.6. The van der Waals surface area contributed by atoms with Crippen LogP contribution in [0.2, 0.25) is 0 Å². The number of esters is 1. The Labute approximate surface area is 82.6 Å². The molecule has 0 amide bonds. The highest BCUT2D eigenvalue weighted by Crippen LogP contribution is 2.18. The summed E-state index contributed by atoms with van der Waals surface area (Å²) in [5.74, 6) is -2.12. The molecule has 0 aliphatic carbocycles. The molecule has 0 heterocycles. The SMILES string of the molecule is C[C@@H](CCCBr)OC(=O)C(F)(F)F. The average molecular weight is 263 g/mol. The van der Waals surface area contributed by atoms with E-state index in [1.807, 2.05) is 0 Å². The van der Waals surface area contributed by atoms with Crippen LogP contribution in [0, 0.1) is 0 Å². The van der Waals surface area contributed by atoms with Crippen LogP contribution >= 0.6 is 15.9 Å². The van der Waals surface area contributed by atoms with Crippen LogP contribution in [0.25, 0.3) is 0 Å². The first-order valence-electron chi connectivity index (χ1n) is 3.71. The minimum absolute atomic E-state index is 0.424. The van der Waals surface area contributed by atoms with Gasteiger partial charge in [-0.3, -0.25) is 0 Å². The lowest BCUT2D eigenvalue weighted by atomic mass is 10.2. The monoisotopic (exact) mass is 262 g/mol. The smallest absolute Gasteiger partial charge is 0.456 e. The lowest BCUT2D eigenvalue weighted by molar-refractivity contribution is -0.204. The molecule has 0 bridgehead atoms. The third kappa shape index (κ3) is 5.90. The highest BCUT2D eigenvalue weighted by atomic mass is 79.9. The molecule has 13 heavy (non-hydrogen) atoms. The standard InChI is InChI=1S/C7H10BrF3O2/c1-5(3-2-4-8)13-6(12)7(9,10)11/h5H,2-4H2,1H3/t5-/m0/s1. The van der Waals surface area contributed by atoms with Crippen molar-refractivity contribution in [2.75, 3.05) is 5.33 Å². The molecule has 0 fully saturated rings. The van der Waals surface area contributed by atoms with Crippen molar-refractivity contribution in [1.82, 2.24) is 0 Å². The van der Waals surface area contributed by atoms with Crippen molar-refractivity contribution in [1.29, 1.82) is 0 Å². The van der Waals surface area contributed by atoms with E-state index in [1.165, 1.54) is 6.92 Å². The fourth-order valence-electron chi connectivity index (χ4n) is 0.673. The van der Waals surface area contributed by atoms with Crippen LogP contribution in [-0.2, 0) is 9.53 Å². The second-order valence-corrected chi connectivity index (χ2v) is 3.34. The van der Waals surface area contributed by atoms with E-state index in [2.05, 4.69) is 20.7 Å². The summed E-state index contributed by atoms with van der Waals surface area (Å²) in [6, 6.07) is 0. The Bertz CT molecular complexity index is 170. The first-order chi connectivity index (χ1) is 5.88. The molecule has 6 heteroatoms. The summed E-state index contributed by atoms with van der Waals surface area (Å²) in [4.78, 5) is 10.3. The van der Waals surface area contributed by atoms with Gasteiger partial charge >= 0.3 is 12.1 Å². The van der Waals surface area contributed by atoms with Gasteiger partial charge in [0.25, 0.3) is 0 Å². The number of hydrogen-bond donors (Lipinski definition) is 0. The number of hydrogen-bond acceptors (Lipinski definition) is 2. The van der Waals surface area contributed by atoms with Crippen molar-refractivity contribution in [2.24, 2.45) is 0 Å². The summed E-state index contributed by atoms with van der Waals surface area (Å²) in [5.41, 5.74) is 0. The molecular weight excluding hydrogens is 253 g/mol. The highest BCUT2D eigenvalue weighted by molar-refractivity contribution is 9.09. The van der Waals surface area contributed by atoms with Gasteiger partial charge in [-0.2, -0.15) is 13.2 Å². The zero-order valence-corrected chi connectivity index (χ0v) is 8.61. The Morgan fingerprint density at radius 1 is 1.54 bits per heavy atom. The Morgan fingerprint density at radius 3 is 2.46 bits per heavy atom. The summed E-state index contributed by atoms with van der Waals surface area (Å²) in [7, 11) is 0. The van der Waals surface area contributed by atoms with Crippen molar-refractivity contribution in [3.05, 3.63) is 0 Å². The van der Waals surface area contributed by atoms with E-state index in [0.717, 1.165) is 0 Å². The van der Waals surface area contributed by atoms with Crippen molar-refractivity contribution < 1.29 is 22.7 Å². The molecule has 0 radical (unpaired) electrons. The maximum Gasteiger partial charge on any atom is 0.490 e. The molecule has 0 aliphatic heterocycles. The molecule has 0 saturated heterocycles. The third-order valence-corrected chi connectivity index (χ3v) is 1.84. The van der Waals surface area contributed by atoms with Gasteiger partial charge in [-0.05, 0) is 19.8 Å². The fourth-order valence-corrected chi connectivity index (χ4v) is 0.997. The molecule has 0 spiro atoms. The van der Waals surface area contributed by atoms with Gasteiger partial charge in [-0.15, -0.1) is 0 Å². The van der Waals surface area contributed by atoms with Gasteiger partial charge < -0.3 is 4.74 Å². The lowest BCUT2D eigenvalue weighted by Crippen LogP contribution is -2.28. The van der Waals surface area contributed by atoms with Gasteiger partial charge in [0.05, 0.1) is 6.10 Å². The van der Waals surface area contributed by atoms with Crippen LogP contribution in [-0.4, -0.2) is 23.6 Å². The van der Waals surface area contributed by atoms with Crippen molar-refractivity contribution in [3.8, 4) is 0 Å². The molecule has 2 nitrogen and oxygen atoms in total. The Kier molecular flexibility index (Phi) is 5.36. The van der Waals surface area contributed by atoms with E-state index < -0.39 is 18.2 Å². The minimum Gasteiger partial charge on any atom is -0.456 e. The highest BCUT2D eigenvalue weighted by Gasteiger charge is 2.41. The van der Waals surface area contributed by atoms with E-state index in [-0.39, 0.29) is 0 Å². The van der Waals surface area contributed by atoms with Crippen LogP contribution in [0.5, 0.6) is 0 Å². The number of rotatable bonds is 4. The van der Waals surface area contributed by atoms with Crippen molar-refractivity contribution >= 4 is 21.9 Å².